The highest BCUT2D eigenvalue weighted by Gasteiger charge is 2.09. The molecular formula is C20H19Br2ClN2O3. The minimum Gasteiger partial charge on any atom is -0.495 e. The van der Waals surface area contributed by atoms with Gasteiger partial charge in [0.1, 0.15) is 5.75 Å². The van der Waals surface area contributed by atoms with Crippen LogP contribution in [-0.4, -0.2) is 18.9 Å². The largest absolute Gasteiger partial charge is 0.495 e. The summed E-state index contributed by atoms with van der Waals surface area (Å²) < 4.78 is 6.97. The zero-order valence-corrected chi connectivity index (χ0v) is 19.2. The molecule has 0 heterocycles. The molecule has 0 spiro atoms. The first-order valence-electron chi connectivity index (χ1n) is 8.45. The lowest BCUT2D eigenvalue weighted by molar-refractivity contribution is -0.116. The molecule has 0 radical (unpaired) electrons. The Morgan fingerprint density at radius 1 is 1.18 bits per heavy atom. The third-order valence-corrected chi connectivity index (χ3v) is 5.02. The summed E-state index contributed by atoms with van der Waals surface area (Å²) in [5.41, 5.74) is 1.71. The van der Waals surface area contributed by atoms with E-state index in [4.69, 9.17) is 16.3 Å². The van der Waals surface area contributed by atoms with Crippen molar-refractivity contribution in [2.24, 2.45) is 0 Å². The van der Waals surface area contributed by atoms with Gasteiger partial charge in [0.25, 0.3) is 0 Å². The molecule has 0 aromatic heterocycles. The van der Waals surface area contributed by atoms with Crippen LogP contribution in [-0.2, 0) is 9.59 Å². The quantitative estimate of drug-likeness (QED) is 0.415. The average molecular weight is 531 g/mol. The summed E-state index contributed by atoms with van der Waals surface area (Å²) in [6, 6.07) is 8.62. The number of halogens is 3. The lowest BCUT2D eigenvalue weighted by Crippen LogP contribution is -2.12. The van der Waals surface area contributed by atoms with E-state index < -0.39 is 0 Å². The summed E-state index contributed by atoms with van der Waals surface area (Å²) in [4.78, 5) is 24.1. The van der Waals surface area contributed by atoms with Gasteiger partial charge in [-0.2, -0.15) is 0 Å². The van der Waals surface area contributed by atoms with Crippen molar-refractivity contribution >= 4 is 72.7 Å². The summed E-state index contributed by atoms with van der Waals surface area (Å²) in [6.07, 6.45) is 4.21. The normalized spacial score (nSPS) is 10.8. The molecule has 0 saturated heterocycles. The highest BCUT2D eigenvalue weighted by molar-refractivity contribution is 9.11. The molecule has 0 unspecified atom stereocenters. The fraction of sp³-hybridized carbons (Fsp3) is 0.200. The summed E-state index contributed by atoms with van der Waals surface area (Å²) in [6.45, 7) is 1.93. The third kappa shape index (κ3) is 6.36. The number of nitrogens with one attached hydrogen (secondary N) is 2. The average Bonchev–Trinajstić information content (AvgIpc) is 2.62. The fourth-order valence-electron chi connectivity index (χ4n) is 2.41. The third-order valence-electron chi connectivity index (χ3n) is 3.64. The Bertz CT molecular complexity index is 917. The van der Waals surface area contributed by atoms with Gasteiger partial charge < -0.3 is 15.4 Å². The second-order valence-electron chi connectivity index (χ2n) is 5.83. The standard InChI is InChI=1S/C20H19Br2ClN2O3/c1-3-4-18(26)24-14-6-7-16(23)17(11-14)25-19(27)8-5-12-9-13(21)10-15(22)20(12)28-2/h5-11H,3-4H2,1-2H3,(H,24,26)(H,25,27). The lowest BCUT2D eigenvalue weighted by Gasteiger charge is -2.10. The maximum Gasteiger partial charge on any atom is 0.248 e. The molecule has 2 N–H and O–H groups in total. The van der Waals surface area contributed by atoms with Crippen LogP contribution in [0.25, 0.3) is 6.08 Å². The van der Waals surface area contributed by atoms with Gasteiger partial charge in [-0.05, 0) is 58.8 Å². The summed E-state index contributed by atoms with van der Waals surface area (Å²) in [7, 11) is 1.56. The van der Waals surface area contributed by atoms with Gasteiger partial charge in [-0.25, -0.2) is 0 Å². The van der Waals surface area contributed by atoms with Crippen molar-refractivity contribution in [2.45, 2.75) is 19.8 Å². The Balaban J connectivity index is 2.15. The van der Waals surface area contributed by atoms with Crippen LogP contribution in [0.15, 0.2) is 45.4 Å². The summed E-state index contributed by atoms with van der Waals surface area (Å²) in [5, 5.41) is 5.87. The number of carbonyl (C=O) groups is 2. The van der Waals surface area contributed by atoms with Gasteiger partial charge in [0.15, 0.2) is 0 Å². The number of ether oxygens (including phenoxy) is 1. The zero-order valence-electron chi connectivity index (χ0n) is 15.3. The molecule has 28 heavy (non-hydrogen) atoms. The molecule has 0 fully saturated rings. The molecule has 2 aromatic rings. The van der Waals surface area contributed by atoms with E-state index in [0.717, 1.165) is 20.9 Å². The van der Waals surface area contributed by atoms with Gasteiger partial charge in [-0.3, -0.25) is 9.59 Å². The Kier molecular flexibility index (Phi) is 8.54. The molecule has 0 aliphatic heterocycles. The van der Waals surface area contributed by atoms with Crippen LogP contribution in [0, 0.1) is 0 Å². The monoisotopic (exact) mass is 528 g/mol. The van der Waals surface area contributed by atoms with Gasteiger partial charge in [-0.1, -0.05) is 34.5 Å². The van der Waals surface area contributed by atoms with E-state index in [2.05, 4.69) is 42.5 Å². The number of benzene rings is 2. The molecule has 0 bridgehead atoms. The van der Waals surface area contributed by atoms with Crippen molar-refractivity contribution in [2.75, 3.05) is 17.7 Å². The minimum atomic E-state index is -0.364. The van der Waals surface area contributed by atoms with Crippen LogP contribution < -0.4 is 15.4 Å². The summed E-state index contributed by atoms with van der Waals surface area (Å²) in [5.74, 6) is 0.164. The van der Waals surface area contributed by atoms with Crippen molar-refractivity contribution in [1.29, 1.82) is 0 Å². The van der Waals surface area contributed by atoms with Crippen molar-refractivity contribution in [3.63, 3.8) is 0 Å². The highest BCUT2D eigenvalue weighted by Crippen LogP contribution is 2.33. The lowest BCUT2D eigenvalue weighted by atomic mass is 10.2. The Morgan fingerprint density at radius 3 is 2.61 bits per heavy atom. The number of carbonyl (C=O) groups excluding carboxylic acids is 2. The van der Waals surface area contributed by atoms with E-state index in [1.54, 1.807) is 31.4 Å². The van der Waals surface area contributed by atoms with Crippen LogP contribution in [0.1, 0.15) is 25.3 Å². The summed E-state index contributed by atoms with van der Waals surface area (Å²) >= 11 is 13.0. The zero-order chi connectivity index (χ0) is 20.7. The molecule has 0 saturated carbocycles. The van der Waals surface area contributed by atoms with Crippen LogP contribution in [0.2, 0.25) is 5.02 Å². The van der Waals surface area contributed by atoms with Gasteiger partial charge >= 0.3 is 0 Å². The van der Waals surface area contributed by atoms with Crippen molar-refractivity contribution in [3.8, 4) is 5.75 Å². The second-order valence-corrected chi connectivity index (χ2v) is 8.00. The van der Waals surface area contributed by atoms with Crippen LogP contribution in [0.4, 0.5) is 11.4 Å². The van der Waals surface area contributed by atoms with Crippen molar-refractivity contribution in [3.05, 3.63) is 55.9 Å². The number of anilines is 2. The molecule has 0 aliphatic rings. The van der Waals surface area contributed by atoms with Gasteiger partial charge in [0.2, 0.25) is 11.8 Å². The molecule has 0 atom stereocenters. The van der Waals surface area contributed by atoms with E-state index >= 15 is 0 Å². The van der Waals surface area contributed by atoms with Gasteiger partial charge in [-0.15, -0.1) is 0 Å². The minimum absolute atomic E-state index is 0.0886. The molecular weight excluding hydrogens is 511 g/mol. The van der Waals surface area contributed by atoms with Gasteiger partial charge in [0.05, 0.1) is 22.3 Å². The highest BCUT2D eigenvalue weighted by atomic mass is 79.9. The Morgan fingerprint density at radius 2 is 1.93 bits per heavy atom. The van der Waals surface area contributed by atoms with E-state index in [1.165, 1.54) is 6.08 Å². The molecule has 2 amide bonds. The SMILES string of the molecule is CCCC(=O)Nc1ccc(Cl)c(NC(=O)C=Cc2cc(Br)cc(Br)c2OC)c1. The van der Waals surface area contributed by atoms with E-state index in [-0.39, 0.29) is 11.8 Å². The smallest absolute Gasteiger partial charge is 0.248 e. The molecule has 8 heteroatoms. The second kappa shape index (κ2) is 10.6. The Labute approximate surface area is 185 Å². The number of amides is 2. The van der Waals surface area contributed by atoms with Gasteiger partial charge in [0, 0.05) is 28.2 Å². The molecule has 2 rings (SSSR count). The fourth-order valence-corrected chi connectivity index (χ4v) is 3.99. The number of rotatable bonds is 7. The number of hydrogen-bond donors (Lipinski definition) is 2. The number of hydrogen-bond acceptors (Lipinski definition) is 3. The predicted octanol–water partition coefficient (Wildman–Crippen LogP) is 6.26. The molecule has 148 valence electrons. The topological polar surface area (TPSA) is 67.4 Å². The molecule has 2 aromatic carbocycles. The van der Waals surface area contributed by atoms with E-state index in [0.29, 0.717) is 28.6 Å². The first-order valence-corrected chi connectivity index (χ1v) is 10.4. The molecule has 5 nitrogen and oxygen atoms in total. The molecule has 0 aliphatic carbocycles. The first-order chi connectivity index (χ1) is 13.3. The van der Waals surface area contributed by atoms with Crippen LogP contribution >= 0.6 is 43.5 Å². The first kappa shape index (κ1) is 22.5. The Hall–Kier alpha value is -1.83. The predicted molar refractivity (Wildman–Crippen MR) is 121 cm³/mol. The van der Waals surface area contributed by atoms with E-state index in [9.17, 15) is 9.59 Å². The van der Waals surface area contributed by atoms with Crippen molar-refractivity contribution in [1.82, 2.24) is 0 Å². The number of methoxy groups -OCH3 is 1. The van der Waals surface area contributed by atoms with Crippen LogP contribution in [0.5, 0.6) is 5.75 Å². The van der Waals surface area contributed by atoms with E-state index in [1.807, 2.05) is 19.1 Å². The maximum absolute atomic E-state index is 12.3. The van der Waals surface area contributed by atoms with Crippen molar-refractivity contribution < 1.29 is 14.3 Å². The maximum atomic E-state index is 12.3. The van der Waals surface area contributed by atoms with Crippen LogP contribution in [0.3, 0.4) is 0 Å².